The Labute approximate surface area is 111 Å². The van der Waals surface area contributed by atoms with E-state index >= 15 is 0 Å². The average Bonchev–Trinajstić information content (AvgIpc) is 2.36. The van der Waals surface area contributed by atoms with E-state index in [2.05, 4.69) is 4.90 Å². The molecule has 0 aliphatic heterocycles. The Morgan fingerprint density at radius 1 is 0.944 bits per heavy atom. The van der Waals surface area contributed by atoms with Crippen LogP contribution in [0.1, 0.15) is 38.5 Å². The van der Waals surface area contributed by atoms with Gasteiger partial charge in [0, 0.05) is 33.4 Å². The highest BCUT2D eigenvalue weighted by atomic mass is 16.5. The van der Waals surface area contributed by atoms with Crippen LogP contribution in [-0.2, 0) is 9.47 Å². The number of rotatable bonds is 7. The molecule has 1 aliphatic carbocycles. The lowest BCUT2D eigenvalue weighted by Crippen LogP contribution is -2.47. The molecule has 0 aromatic rings. The van der Waals surface area contributed by atoms with E-state index in [0.29, 0.717) is 13.2 Å². The number of ether oxygens (including phenoxy) is 2. The van der Waals surface area contributed by atoms with Gasteiger partial charge >= 0.3 is 0 Å². The fraction of sp³-hybridized carbons (Fsp3) is 1.00. The van der Waals surface area contributed by atoms with Gasteiger partial charge in [-0.25, -0.2) is 0 Å². The van der Waals surface area contributed by atoms with Crippen LogP contribution >= 0.6 is 0 Å². The van der Waals surface area contributed by atoms with Crippen molar-refractivity contribution in [2.24, 2.45) is 0 Å². The van der Waals surface area contributed by atoms with Crippen LogP contribution in [-0.4, -0.2) is 62.7 Å². The number of aliphatic hydroxyl groups is 1. The van der Waals surface area contributed by atoms with Gasteiger partial charge in [-0.3, -0.25) is 4.90 Å². The summed E-state index contributed by atoms with van der Waals surface area (Å²) < 4.78 is 10.3. The molecule has 1 aliphatic rings. The molecule has 2 atom stereocenters. The molecule has 4 nitrogen and oxygen atoms in total. The van der Waals surface area contributed by atoms with Crippen LogP contribution in [0.2, 0.25) is 0 Å². The summed E-state index contributed by atoms with van der Waals surface area (Å²) in [6, 6.07) is 0.274. The molecule has 1 saturated carbocycles. The minimum absolute atomic E-state index is 0.195. The third-order valence-corrected chi connectivity index (χ3v) is 3.83. The third-order valence-electron chi connectivity index (χ3n) is 3.83. The van der Waals surface area contributed by atoms with Crippen LogP contribution in [0.15, 0.2) is 0 Å². The summed E-state index contributed by atoms with van der Waals surface area (Å²) in [6.07, 6.45) is 6.76. The predicted octanol–water partition coefficient (Wildman–Crippen LogP) is 1.66. The molecule has 1 N–H and O–H groups in total. The van der Waals surface area contributed by atoms with Gasteiger partial charge < -0.3 is 14.6 Å². The van der Waals surface area contributed by atoms with Gasteiger partial charge in [0.25, 0.3) is 0 Å². The third kappa shape index (κ3) is 5.65. The molecule has 4 heteroatoms. The summed E-state index contributed by atoms with van der Waals surface area (Å²) in [5.74, 6) is 0. The van der Waals surface area contributed by atoms with E-state index in [0.717, 1.165) is 32.4 Å². The van der Waals surface area contributed by atoms with E-state index in [-0.39, 0.29) is 12.1 Å². The molecule has 0 saturated heterocycles. The number of hydrogen-bond acceptors (Lipinski definition) is 4. The van der Waals surface area contributed by atoms with Gasteiger partial charge in [-0.2, -0.15) is 0 Å². The number of hydrogen-bond donors (Lipinski definition) is 1. The van der Waals surface area contributed by atoms with Crippen LogP contribution in [0.5, 0.6) is 0 Å². The standard InChI is InChI=1S/C14H29NO3/c1-17-11-9-15(10-12-18-2)13-7-5-3-4-6-8-14(13)16/h13-14,16H,3-12H2,1-2H3. The summed E-state index contributed by atoms with van der Waals surface area (Å²) in [7, 11) is 3.45. The molecule has 2 unspecified atom stereocenters. The van der Waals surface area contributed by atoms with Crippen molar-refractivity contribution in [2.75, 3.05) is 40.5 Å². The lowest BCUT2D eigenvalue weighted by atomic mass is 9.93. The summed E-state index contributed by atoms with van der Waals surface area (Å²) >= 11 is 0. The first-order valence-electron chi connectivity index (χ1n) is 7.19. The minimum Gasteiger partial charge on any atom is -0.391 e. The molecule has 0 bridgehead atoms. The Balaban J connectivity index is 2.53. The van der Waals surface area contributed by atoms with Crippen LogP contribution in [0, 0.1) is 0 Å². The van der Waals surface area contributed by atoms with Gasteiger partial charge in [0.05, 0.1) is 19.3 Å². The second-order valence-electron chi connectivity index (χ2n) is 5.15. The van der Waals surface area contributed by atoms with Crippen LogP contribution in [0.25, 0.3) is 0 Å². The Morgan fingerprint density at radius 3 is 2.06 bits per heavy atom. The number of methoxy groups -OCH3 is 2. The van der Waals surface area contributed by atoms with Crippen molar-refractivity contribution in [3.63, 3.8) is 0 Å². The SMILES string of the molecule is COCCN(CCOC)C1CCCCCCC1O. The molecular weight excluding hydrogens is 230 g/mol. The molecule has 108 valence electrons. The molecule has 0 aromatic carbocycles. The van der Waals surface area contributed by atoms with Gasteiger partial charge in [-0.1, -0.05) is 25.7 Å². The highest BCUT2D eigenvalue weighted by molar-refractivity contribution is 4.81. The number of aliphatic hydroxyl groups excluding tert-OH is 1. The van der Waals surface area contributed by atoms with Gasteiger partial charge in [-0.05, 0) is 12.8 Å². The predicted molar refractivity (Wildman–Crippen MR) is 72.8 cm³/mol. The van der Waals surface area contributed by atoms with Crippen molar-refractivity contribution in [3.8, 4) is 0 Å². The Kier molecular flexibility index (Phi) is 8.59. The normalized spacial score (nSPS) is 26.0. The van der Waals surface area contributed by atoms with Crippen LogP contribution in [0.4, 0.5) is 0 Å². The van der Waals surface area contributed by atoms with Crippen molar-refractivity contribution >= 4 is 0 Å². The quantitative estimate of drug-likeness (QED) is 0.755. The van der Waals surface area contributed by atoms with E-state index < -0.39 is 0 Å². The smallest absolute Gasteiger partial charge is 0.0695 e. The van der Waals surface area contributed by atoms with E-state index in [1.165, 1.54) is 19.3 Å². The summed E-state index contributed by atoms with van der Waals surface area (Å²) in [4.78, 5) is 2.34. The lowest BCUT2D eigenvalue weighted by Gasteiger charge is -2.36. The van der Waals surface area contributed by atoms with Gasteiger partial charge in [0.1, 0.15) is 0 Å². The Bertz CT molecular complexity index is 193. The maximum absolute atomic E-state index is 10.3. The van der Waals surface area contributed by atoms with Crippen LogP contribution in [0.3, 0.4) is 0 Å². The van der Waals surface area contributed by atoms with E-state index in [1.54, 1.807) is 14.2 Å². The zero-order valence-corrected chi connectivity index (χ0v) is 11.9. The zero-order valence-electron chi connectivity index (χ0n) is 11.9. The summed E-state index contributed by atoms with van der Waals surface area (Å²) in [6.45, 7) is 3.18. The second-order valence-corrected chi connectivity index (χ2v) is 5.15. The summed E-state index contributed by atoms with van der Waals surface area (Å²) in [5.41, 5.74) is 0. The molecule has 18 heavy (non-hydrogen) atoms. The summed E-state index contributed by atoms with van der Waals surface area (Å²) in [5, 5.41) is 10.3. The molecular formula is C14H29NO3. The molecule has 1 rings (SSSR count). The highest BCUT2D eigenvalue weighted by Crippen LogP contribution is 2.21. The highest BCUT2D eigenvalue weighted by Gasteiger charge is 2.26. The molecule has 1 fully saturated rings. The van der Waals surface area contributed by atoms with E-state index in [1.807, 2.05) is 0 Å². The first-order valence-corrected chi connectivity index (χ1v) is 7.19. The van der Waals surface area contributed by atoms with E-state index in [9.17, 15) is 5.11 Å². The van der Waals surface area contributed by atoms with E-state index in [4.69, 9.17) is 9.47 Å². The first kappa shape index (κ1) is 15.9. The Hall–Kier alpha value is -0.160. The van der Waals surface area contributed by atoms with Crippen LogP contribution < -0.4 is 0 Å². The van der Waals surface area contributed by atoms with Gasteiger partial charge in [0.2, 0.25) is 0 Å². The average molecular weight is 259 g/mol. The van der Waals surface area contributed by atoms with Crippen molar-refractivity contribution in [1.29, 1.82) is 0 Å². The maximum atomic E-state index is 10.3. The lowest BCUT2D eigenvalue weighted by molar-refractivity contribution is 0.00780. The second kappa shape index (κ2) is 9.73. The molecule has 0 spiro atoms. The number of nitrogens with zero attached hydrogens (tertiary/aromatic N) is 1. The largest absolute Gasteiger partial charge is 0.391 e. The van der Waals surface area contributed by atoms with Crippen molar-refractivity contribution in [1.82, 2.24) is 4.90 Å². The fourth-order valence-electron chi connectivity index (χ4n) is 2.73. The zero-order chi connectivity index (χ0) is 13.2. The van der Waals surface area contributed by atoms with Crippen molar-refractivity contribution in [3.05, 3.63) is 0 Å². The maximum Gasteiger partial charge on any atom is 0.0695 e. The first-order chi connectivity index (χ1) is 8.79. The van der Waals surface area contributed by atoms with Gasteiger partial charge in [-0.15, -0.1) is 0 Å². The van der Waals surface area contributed by atoms with Crippen molar-refractivity contribution < 1.29 is 14.6 Å². The molecule has 0 heterocycles. The molecule has 0 radical (unpaired) electrons. The monoisotopic (exact) mass is 259 g/mol. The minimum atomic E-state index is -0.195. The topological polar surface area (TPSA) is 41.9 Å². The van der Waals surface area contributed by atoms with Gasteiger partial charge in [0.15, 0.2) is 0 Å². The Morgan fingerprint density at radius 2 is 1.50 bits per heavy atom. The fourth-order valence-corrected chi connectivity index (χ4v) is 2.73. The van der Waals surface area contributed by atoms with Crippen molar-refractivity contribution in [2.45, 2.75) is 50.7 Å². The molecule has 0 amide bonds. The molecule has 0 aromatic heterocycles.